The number of amides is 1. The maximum atomic E-state index is 11.5. The highest BCUT2D eigenvalue weighted by Gasteiger charge is 2.70. The summed E-state index contributed by atoms with van der Waals surface area (Å²) in [6.07, 6.45) is 2.61. The van der Waals surface area contributed by atoms with E-state index in [9.17, 15) is 9.59 Å². The summed E-state index contributed by atoms with van der Waals surface area (Å²) >= 11 is 0. The summed E-state index contributed by atoms with van der Waals surface area (Å²) in [4.78, 5) is 22.7. The van der Waals surface area contributed by atoms with Crippen molar-refractivity contribution in [3.63, 3.8) is 0 Å². The summed E-state index contributed by atoms with van der Waals surface area (Å²) in [7, 11) is 0. The molecule has 3 saturated carbocycles. The zero-order valence-corrected chi connectivity index (χ0v) is 9.02. The average Bonchev–Trinajstić information content (AvgIpc) is 1.91. The van der Waals surface area contributed by atoms with Crippen LogP contribution in [0.4, 0.5) is 0 Å². The molecule has 3 nitrogen and oxygen atoms in total. The summed E-state index contributed by atoms with van der Waals surface area (Å²) < 4.78 is 0. The number of Topliss-reactive ketones (excluding diaryl/α,β-unsaturated/α-hetero) is 1. The van der Waals surface area contributed by atoms with Gasteiger partial charge in [-0.3, -0.25) is 9.59 Å². The van der Waals surface area contributed by atoms with Crippen molar-refractivity contribution >= 4 is 11.7 Å². The van der Waals surface area contributed by atoms with Gasteiger partial charge in [-0.05, 0) is 26.2 Å². The van der Waals surface area contributed by atoms with Crippen LogP contribution in [0.1, 0.15) is 40.0 Å². The van der Waals surface area contributed by atoms with Gasteiger partial charge in [0.1, 0.15) is 5.78 Å². The number of rotatable bonds is 3. The molecule has 0 radical (unpaired) electrons. The second-order valence-corrected chi connectivity index (χ2v) is 5.29. The molecule has 0 aromatic carbocycles. The SMILES string of the molecule is CC(=O)C12CC(NC(=O)C(C)C)(C1)C2. The molecule has 0 aromatic heterocycles. The van der Waals surface area contributed by atoms with Gasteiger partial charge >= 0.3 is 0 Å². The van der Waals surface area contributed by atoms with Gasteiger partial charge in [-0.2, -0.15) is 0 Å². The lowest BCUT2D eigenvalue weighted by Crippen LogP contribution is -2.77. The Morgan fingerprint density at radius 1 is 1.21 bits per heavy atom. The van der Waals surface area contributed by atoms with E-state index in [1.165, 1.54) is 0 Å². The van der Waals surface area contributed by atoms with Crippen LogP contribution in [0.25, 0.3) is 0 Å². The van der Waals surface area contributed by atoms with Gasteiger partial charge in [0.05, 0.1) is 0 Å². The minimum Gasteiger partial charge on any atom is -0.350 e. The molecule has 3 aliphatic rings. The van der Waals surface area contributed by atoms with Crippen molar-refractivity contribution in [3.8, 4) is 0 Å². The summed E-state index contributed by atoms with van der Waals surface area (Å²) in [5.74, 6) is 0.442. The van der Waals surface area contributed by atoms with Crippen LogP contribution < -0.4 is 5.32 Å². The van der Waals surface area contributed by atoms with E-state index in [0.717, 1.165) is 19.3 Å². The Morgan fingerprint density at radius 2 is 1.71 bits per heavy atom. The number of carbonyl (C=O) groups excluding carboxylic acids is 2. The first-order valence-electron chi connectivity index (χ1n) is 5.22. The number of hydrogen-bond donors (Lipinski definition) is 1. The fourth-order valence-electron chi connectivity index (χ4n) is 2.70. The molecule has 0 heterocycles. The fourth-order valence-corrected chi connectivity index (χ4v) is 2.70. The van der Waals surface area contributed by atoms with Gasteiger partial charge in [-0.25, -0.2) is 0 Å². The molecule has 3 aliphatic carbocycles. The van der Waals surface area contributed by atoms with Crippen LogP contribution in [-0.2, 0) is 9.59 Å². The van der Waals surface area contributed by atoms with Gasteiger partial charge in [0.2, 0.25) is 5.91 Å². The monoisotopic (exact) mass is 195 g/mol. The highest BCUT2D eigenvalue weighted by atomic mass is 16.2. The van der Waals surface area contributed by atoms with Gasteiger partial charge in [0.25, 0.3) is 0 Å². The predicted molar refractivity (Wildman–Crippen MR) is 52.7 cm³/mol. The van der Waals surface area contributed by atoms with Crippen molar-refractivity contribution in [3.05, 3.63) is 0 Å². The molecule has 1 N–H and O–H groups in total. The van der Waals surface area contributed by atoms with Gasteiger partial charge in [-0.15, -0.1) is 0 Å². The Labute approximate surface area is 84.2 Å². The average molecular weight is 195 g/mol. The summed E-state index contributed by atoms with van der Waals surface area (Å²) in [6, 6.07) is 0. The van der Waals surface area contributed by atoms with Crippen LogP contribution in [-0.4, -0.2) is 17.2 Å². The number of nitrogens with one attached hydrogen (secondary N) is 1. The lowest BCUT2D eigenvalue weighted by Gasteiger charge is -2.69. The van der Waals surface area contributed by atoms with Gasteiger partial charge in [-0.1, -0.05) is 13.8 Å². The van der Waals surface area contributed by atoms with E-state index in [1.807, 2.05) is 13.8 Å². The van der Waals surface area contributed by atoms with Crippen molar-refractivity contribution in [2.45, 2.75) is 45.6 Å². The maximum Gasteiger partial charge on any atom is 0.222 e. The quantitative estimate of drug-likeness (QED) is 0.737. The zero-order chi connectivity index (χ0) is 10.6. The molecule has 78 valence electrons. The van der Waals surface area contributed by atoms with Gasteiger partial charge in [0, 0.05) is 16.9 Å². The van der Waals surface area contributed by atoms with Crippen molar-refractivity contribution in [2.75, 3.05) is 0 Å². The van der Waals surface area contributed by atoms with Gasteiger partial charge < -0.3 is 5.32 Å². The third-order valence-corrected chi connectivity index (χ3v) is 3.69. The Balaban J connectivity index is 1.89. The lowest BCUT2D eigenvalue weighted by atomic mass is 9.38. The second kappa shape index (κ2) is 2.59. The molecule has 0 aliphatic heterocycles. The molecule has 3 rings (SSSR count). The number of carbonyl (C=O) groups is 2. The Kier molecular flexibility index (Phi) is 1.79. The standard InChI is InChI=1S/C11H17NO2/c1-7(2)9(14)12-11-4-10(5-11,6-11)8(3)13/h7H,4-6H2,1-3H3,(H,12,14). The van der Waals surface area contributed by atoms with Crippen molar-refractivity contribution in [2.24, 2.45) is 11.3 Å². The third kappa shape index (κ3) is 1.11. The minimum absolute atomic E-state index is 0.00692. The number of hydrogen-bond acceptors (Lipinski definition) is 2. The highest BCUT2D eigenvalue weighted by Crippen LogP contribution is 2.67. The maximum absolute atomic E-state index is 11.5. The molecular weight excluding hydrogens is 178 g/mol. The van der Waals surface area contributed by atoms with Gasteiger partial charge in [0.15, 0.2) is 0 Å². The summed E-state index contributed by atoms with van der Waals surface area (Å²) in [6.45, 7) is 5.44. The lowest BCUT2D eigenvalue weighted by molar-refractivity contribution is -0.180. The molecule has 0 aromatic rings. The summed E-state index contributed by atoms with van der Waals surface area (Å²) in [5, 5.41) is 3.05. The van der Waals surface area contributed by atoms with Crippen molar-refractivity contribution in [1.29, 1.82) is 0 Å². The molecule has 0 spiro atoms. The van der Waals surface area contributed by atoms with Crippen LogP contribution >= 0.6 is 0 Å². The van der Waals surface area contributed by atoms with Crippen LogP contribution in [0.2, 0.25) is 0 Å². The van der Waals surface area contributed by atoms with E-state index < -0.39 is 0 Å². The van der Waals surface area contributed by atoms with E-state index in [4.69, 9.17) is 0 Å². The van der Waals surface area contributed by atoms with E-state index in [-0.39, 0.29) is 28.6 Å². The van der Waals surface area contributed by atoms with Crippen LogP contribution in [0.3, 0.4) is 0 Å². The molecule has 3 heteroatoms. The molecule has 0 atom stereocenters. The Hall–Kier alpha value is -0.860. The van der Waals surface area contributed by atoms with E-state index in [2.05, 4.69) is 5.32 Å². The molecule has 2 bridgehead atoms. The molecule has 3 fully saturated rings. The number of ketones is 1. The second-order valence-electron chi connectivity index (χ2n) is 5.29. The Morgan fingerprint density at radius 3 is 2.07 bits per heavy atom. The first-order chi connectivity index (χ1) is 6.39. The third-order valence-electron chi connectivity index (χ3n) is 3.69. The molecule has 0 saturated heterocycles. The molecule has 14 heavy (non-hydrogen) atoms. The molecule has 1 amide bonds. The van der Waals surface area contributed by atoms with E-state index >= 15 is 0 Å². The first-order valence-corrected chi connectivity index (χ1v) is 5.22. The van der Waals surface area contributed by atoms with E-state index in [0.29, 0.717) is 0 Å². The largest absolute Gasteiger partial charge is 0.350 e. The Bertz CT molecular complexity index is 287. The zero-order valence-electron chi connectivity index (χ0n) is 9.02. The fraction of sp³-hybridized carbons (Fsp3) is 0.818. The molecular formula is C11H17NO2. The van der Waals surface area contributed by atoms with Crippen molar-refractivity contribution in [1.82, 2.24) is 5.32 Å². The topological polar surface area (TPSA) is 46.2 Å². The summed E-state index contributed by atoms with van der Waals surface area (Å²) in [5.41, 5.74) is -0.0583. The highest BCUT2D eigenvalue weighted by molar-refractivity contribution is 5.88. The predicted octanol–water partition coefficient (Wildman–Crippen LogP) is 1.27. The smallest absolute Gasteiger partial charge is 0.222 e. The molecule has 0 unspecified atom stereocenters. The normalized spacial score (nSPS) is 38.6. The van der Waals surface area contributed by atoms with Crippen LogP contribution in [0.5, 0.6) is 0 Å². The van der Waals surface area contributed by atoms with Crippen LogP contribution in [0.15, 0.2) is 0 Å². The van der Waals surface area contributed by atoms with E-state index in [1.54, 1.807) is 6.92 Å². The van der Waals surface area contributed by atoms with Crippen LogP contribution in [0, 0.1) is 11.3 Å². The minimum atomic E-state index is -0.0513. The first kappa shape index (κ1) is 9.69. The van der Waals surface area contributed by atoms with Crippen molar-refractivity contribution < 1.29 is 9.59 Å².